The Morgan fingerprint density at radius 2 is 1.24 bits per heavy atom. The first-order chi connectivity index (χ1) is 18.0. The fraction of sp³-hybridized carbons (Fsp3) is 0.767. The summed E-state index contributed by atoms with van der Waals surface area (Å²) in [5, 5.41) is 7.42. The van der Waals surface area contributed by atoms with E-state index in [1.165, 1.54) is 71.5 Å². The van der Waals surface area contributed by atoms with Gasteiger partial charge in [-0.2, -0.15) is 0 Å². The summed E-state index contributed by atoms with van der Waals surface area (Å²) in [6.45, 7) is 8.47. The van der Waals surface area contributed by atoms with Crippen LogP contribution in [0, 0.1) is 0 Å². The molecule has 0 rings (SSSR count). The number of carboxylic acid groups (broad SMARTS) is 1. The zero-order valence-corrected chi connectivity index (χ0v) is 24.6. The summed E-state index contributed by atoms with van der Waals surface area (Å²) >= 11 is 0. The number of alkyl halides is 2. The molecule has 0 amide bonds. The number of unbranched alkanes of at least 4 members (excludes halogenated alkanes) is 12. The van der Waals surface area contributed by atoms with E-state index < -0.39 is 11.9 Å². The summed E-state index contributed by atoms with van der Waals surface area (Å²) in [7, 11) is 0. The highest BCUT2D eigenvalue weighted by atomic mass is 19.3. The third-order valence-corrected chi connectivity index (χ3v) is 5.08. The molecule has 0 bridgehead atoms. The molecule has 0 radical (unpaired) electrons. The average Bonchev–Trinajstić information content (AvgIpc) is 2.81. The largest absolute Gasteiger partial charge is 0.481 e. The van der Waals surface area contributed by atoms with Crippen molar-refractivity contribution >= 4 is 17.9 Å². The molecular formula is C30H54F2O6. The number of carboxylic acids is 1. The predicted octanol–water partition coefficient (Wildman–Crippen LogP) is 9.18. The van der Waals surface area contributed by atoms with E-state index in [0.29, 0.717) is 19.4 Å². The van der Waals surface area contributed by atoms with Crippen molar-refractivity contribution in [2.24, 2.45) is 0 Å². The molecule has 0 aromatic carbocycles. The van der Waals surface area contributed by atoms with Crippen molar-refractivity contribution in [3.8, 4) is 0 Å². The van der Waals surface area contributed by atoms with Crippen LogP contribution in [0.1, 0.15) is 137 Å². The summed E-state index contributed by atoms with van der Waals surface area (Å²) < 4.78 is 36.0. The lowest BCUT2D eigenvalue weighted by Gasteiger charge is -2.11. The molecule has 0 spiro atoms. The smallest absolute Gasteiger partial charge is 0.307 e. The summed E-state index contributed by atoms with van der Waals surface area (Å²) in [6.07, 6.45) is 22.0. The number of aliphatic carboxylic acids is 1. The Balaban J connectivity index is -0.000000567. The molecule has 0 atom stereocenters. The van der Waals surface area contributed by atoms with Gasteiger partial charge in [-0.05, 0) is 44.3 Å². The minimum absolute atomic E-state index is 0.0964. The van der Waals surface area contributed by atoms with Gasteiger partial charge in [0.15, 0.2) is 0 Å². The molecule has 0 aliphatic rings. The van der Waals surface area contributed by atoms with E-state index in [2.05, 4.69) is 6.92 Å². The molecule has 0 fully saturated rings. The fourth-order valence-corrected chi connectivity index (χ4v) is 3.15. The van der Waals surface area contributed by atoms with Gasteiger partial charge in [0.25, 0.3) is 11.9 Å². The topological polar surface area (TPSA) is 89.9 Å². The highest BCUT2D eigenvalue weighted by Gasteiger charge is 2.23. The lowest BCUT2D eigenvalue weighted by molar-refractivity contribution is -0.141. The van der Waals surface area contributed by atoms with Crippen LogP contribution in [0.2, 0.25) is 0 Å². The number of hydrogen-bond donors (Lipinski definition) is 1. The van der Waals surface area contributed by atoms with Crippen LogP contribution in [-0.4, -0.2) is 35.5 Å². The molecule has 8 heteroatoms. The summed E-state index contributed by atoms with van der Waals surface area (Å²) in [5.41, 5.74) is 0. The van der Waals surface area contributed by atoms with Crippen molar-refractivity contribution in [2.75, 3.05) is 6.61 Å². The monoisotopic (exact) mass is 548 g/mol. The van der Waals surface area contributed by atoms with Crippen molar-refractivity contribution in [1.82, 2.24) is 0 Å². The van der Waals surface area contributed by atoms with Gasteiger partial charge in [0, 0.05) is 27.2 Å². The van der Waals surface area contributed by atoms with Gasteiger partial charge in [0.2, 0.25) is 0 Å². The van der Waals surface area contributed by atoms with Gasteiger partial charge in [0.1, 0.15) is 0 Å². The Labute approximate surface area is 230 Å². The van der Waals surface area contributed by atoms with Gasteiger partial charge >= 0.3 is 11.9 Å². The summed E-state index contributed by atoms with van der Waals surface area (Å²) in [4.78, 5) is 29.9. The van der Waals surface area contributed by atoms with Crippen molar-refractivity contribution in [3.63, 3.8) is 0 Å². The first-order valence-corrected chi connectivity index (χ1v) is 14.2. The molecule has 1 N–H and O–H groups in total. The van der Waals surface area contributed by atoms with Gasteiger partial charge in [-0.3, -0.25) is 14.4 Å². The second-order valence-electron chi connectivity index (χ2n) is 9.22. The number of halogens is 2. The van der Waals surface area contributed by atoms with Gasteiger partial charge in [-0.25, -0.2) is 8.78 Å². The van der Waals surface area contributed by atoms with E-state index in [0.717, 1.165) is 45.1 Å². The second-order valence-corrected chi connectivity index (χ2v) is 9.22. The minimum atomic E-state index is -2.68. The second kappa shape index (κ2) is 31.0. The Morgan fingerprint density at radius 1 is 0.711 bits per heavy atom. The molecular weight excluding hydrogens is 494 g/mol. The van der Waals surface area contributed by atoms with Crippen LogP contribution in [0.3, 0.4) is 0 Å². The molecule has 224 valence electrons. The van der Waals surface area contributed by atoms with Gasteiger partial charge in [-0.15, -0.1) is 0 Å². The third-order valence-electron chi connectivity index (χ3n) is 5.08. The maximum absolute atomic E-state index is 13.3. The number of rotatable bonds is 20. The lowest BCUT2D eigenvalue weighted by Crippen LogP contribution is -2.11. The molecule has 0 saturated heterocycles. The molecule has 0 aromatic heterocycles. The van der Waals surface area contributed by atoms with E-state index in [4.69, 9.17) is 19.4 Å². The van der Waals surface area contributed by atoms with Crippen LogP contribution in [0.4, 0.5) is 8.78 Å². The first kappa shape index (κ1) is 40.2. The Kier molecular flexibility index (Phi) is 32.8. The zero-order valence-electron chi connectivity index (χ0n) is 24.6. The number of ether oxygens (including phenoxy) is 2. The summed E-state index contributed by atoms with van der Waals surface area (Å²) in [6, 6.07) is 0. The molecule has 0 aromatic rings. The number of carbonyl (C=O) groups is 3. The standard InChI is InChI=1S/C14H24F2O2.C14H26O2.C2H4O2/c1-3-4-7-10-14(15,16)11-8-5-6-9-12-18-13(2)17;1-3-4-5-6-7-8-9-10-11-12-13-16-14(2)15;1-2(3)4/h7,10H,3-6,8-9,11-12H2,1-2H3;12-13H,3-11H2,1-2H3;1H3,(H,3,4). The van der Waals surface area contributed by atoms with Gasteiger partial charge < -0.3 is 14.6 Å². The van der Waals surface area contributed by atoms with Crippen LogP contribution in [0.15, 0.2) is 24.5 Å². The number of allylic oxidation sites excluding steroid dienone is 3. The van der Waals surface area contributed by atoms with Crippen molar-refractivity contribution in [3.05, 3.63) is 24.5 Å². The van der Waals surface area contributed by atoms with E-state index >= 15 is 0 Å². The van der Waals surface area contributed by atoms with Gasteiger partial charge in [0.05, 0.1) is 12.9 Å². The van der Waals surface area contributed by atoms with Crippen molar-refractivity contribution in [1.29, 1.82) is 0 Å². The normalized spacial score (nSPS) is 10.9. The van der Waals surface area contributed by atoms with Crippen LogP contribution < -0.4 is 0 Å². The minimum Gasteiger partial charge on any atom is -0.481 e. The number of hydrogen-bond acceptors (Lipinski definition) is 5. The van der Waals surface area contributed by atoms with Crippen LogP contribution in [0.25, 0.3) is 0 Å². The first-order valence-electron chi connectivity index (χ1n) is 14.2. The molecule has 0 aliphatic carbocycles. The maximum atomic E-state index is 13.3. The molecule has 0 unspecified atom stereocenters. The van der Waals surface area contributed by atoms with E-state index in [1.54, 1.807) is 6.08 Å². The summed E-state index contributed by atoms with van der Waals surface area (Å²) in [5.74, 6) is -4.04. The van der Waals surface area contributed by atoms with E-state index in [-0.39, 0.29) is 18.4 Å². The highest BCUT2D eigenvalue weighted by molar-refractivity contribution is 5.66. The number of carbonyl (C=O) groups excluding carboxylic acids is 2. The third kappa shape index (κ3) is 47.0. The SMILES string of the molecule is CC(=O)O.CCCC=CC(F)(F)CCCCCCOC(C)=O.CCCCCCCCCCC=COC(C)=O. The zero-order chi connectivity index (χ0) is 29.5. The van der Waals surface area contributed by atoms with E-state index in [1.807, 2.05) is 13.0 Å². The maximum Gasteiger partial charge on any atom is 0.307 e. The lowest BCUT2D eigenvalue weighted by atomic mass is 10.1. The quantitative estimate of drug-likeness (QED) is 0.0706. The number of esters is 2. The van der Waals surface area contributed by atoms with Crippen LogP contribution in [0.5, 0.6) is 0 Å². The molecule has 38 heavy (non-hydrogen) atoms. The molecule has 0 saturated carbocycles. The Morgan fingerprint density at radius 3 is 1.76 bits per heavy atom. The van der Waals surface area contributed by atoms with Crippen molar-refractivity contribution in [2.45, 2.75) is 143 Å². The Bertz CT molecular complexity index is 614. The highest BCUT2D eigenvalue weighted by Crippen LogP contribution is 2.24. The predicted molar refractivity (Wildman–Crippen MR) is 150 cm³/mol. The van der Waals surface area contributed by atoms with Gasteiger partial charge in [-0.1, -0.05) is 84.1 Å². The Hall–Kier alpha value is -2.25. The van der Waals surface area contributed by atoms with Crippen LogP contribution in [-0.2, 0) is 23.9 Å². The molecule has 0 aliphatic heterocycles. The van der Waals surface area contributed by atoms with Crippen LogP contribution >= 0.6 is 0 Å². The fourth-order valence-electron chi connectivity index (χ4n) is 3.15. The average molecular weight is 549 g/mol. The molecule has 0 heterocycles. The molecule has 6 nitrogen and oxygen atoms in total. The van der Waals surface area contributed by atoms with Crippen molar-refractivity contribution < 1.29 is 37.7 Å². The van der Waals surface area contributed by atoms with E-state index in [9.17, 15) is 18.4 Å².